The summed E-state index contributed by atoms with van der Waals surface area (Å²) >= 11 is 0. The number of amides is 1. The van der Waals surface area contributed by atoms with Gasteiger partial charge in [-0.05, 0) is 18.8 Å². The average Bonchev–Trinajstić information content (AvgIpc) is 3.20. The van der Waals surface area contributed by atoms with Crippen LogP contribution in [0.1, 0.15) is 40.7 Å². The average molecular weight is 343 g/mol. The minimum Gasteiger partial charge on any atom is -0.360 e. The quantitative estimate of drug-likeness (QED) is 0.845. The fourth-order valence-corrected chi connectivity index (χ4v) is 3.82. The van der Waals surface area contributed by atoms with E-state index < -0.39 is 0 Å². The molecule has 1 saturated heterocycles. The Bertz CT molecular complexity index is 757. The third kappa shape index (κ3) is 3.33. The van der Waals surface area contributed by atoms with Gasteiger partial charge in [0.15, 0.2) is 5.69 Å². The highest BCUT2D eigenvalue weighted by Crippen LogP contribution is 2.28. The van der Waals surface area contributed by atoms with Gasteiger partial charge in [-0.2, -0.15) is 5.10 Å². The van der Waals surface area contributed by atoms with Crippen LogP contribution in [-0.2, 0) is 26.4 Å². The van der Waals surface area contributed by atoms with E-state index in [1.54, 1.807) is 0 Å². The molecular weight excluding hydrogens is 318 g/mol. The SMILES string of the molecule is CC1CCc2onc(C(=O)N3CCN(Cc4cnn(C)c4)CC3)c2C1. The molecule has 134 valence electrons. The standard InChI is InChI=1S/C18H25N5O2/c1-13-3-4-16-15(9-13)17(20-25-16)18(24)23-7-5-22(6-8-23)12-14-10-19-21(2)11-14/h10-11,13H,3-9,12H2,1-2H3. The van der Waals surface area contributed by atoms with Crippen molar-refractivity contribution in [2.75, 3.05) is 26.2 Å². The largest absolute Gasteiger partial charge is 0.360 e. The molecule has 0 spiro atoms. The number of hydrogen-bond donors (Lipinski definition) is 0. The molecule has 0 aromatic carbocycles. The van der Waals surface area contributed by atoms with E-state index in [2.05, 4.69) is 22.1 Å². The monoisotopic (exact) mass is 343 g/mol. The summed E-state index contributed by atoms with van der Waals surface area (Å²) < 4.78 is 7.26. The minimum atomic E-state index is 0.0279. The fraction of sp³-hybridized carbons (Fsp3) is 0.611. The lowest BCUT2D eigenvalue weighted by atomic mass is 9.88. The molecule has 1 aliphatic heterocycles. The first kappa shape index (κ1) is 16.3. The molecule has 0 radical (unpaired) electrons. The van der Waals surface area contributed by atoms with Gasteiger partial charge in [-0.15, -0.1) is 0 Å². The lowest BCUT2D eigenvalue weighted by molar-refractivity contribution is 0.0617. The van der Waals surface area contributed by atoms with E-state index in [1.807, 2.05) is 29.0 Å². The highest BCUT2D eigenvalue weighted by Gasteiger charge is 2.31. The predicted molar refractivity (Wildman–Crippen MR) is 92.1 cm³/mol. The van der Waals surface area contributed by atoms with Gasteiger partial charge in [0.05, 0.1) is 6.20 Å². The third-order valence-corrected chi connectivity index (χ3v) is 5.31. The number of rotatable bonds is 3. The second kappa shape index (κ2) is 6.63. The third-order valence-electron chi connectivity index (χ3n) is 5.31. The molecule has 1 fully saturated rings. The van der Waals surface area contributed by atoms with Crippen LogP contribution < -0.4 is 0 Å². The van der Waals surface area contributed by atoms with Crippen molar-refractivity contribution in [2.45, 2.75) is 32.7 Å². The lowest BCUT2D eigenvalue weighted by Crippen LogP contribution is -2.48. The van der Waals surface area contributed by atoms with Gasteiger partial charge in [0.1, 0.15) is 5.76 Å². The smallest absolute Gasteiger partial charge is 0.276 e. The van der Waals surface area contributed by atoms with Crippen molar-refractivity contribution in [1.82, 2.24) is 24.7 Å². The van der Waals surface area contributed by atoms with Gasteiger partial charge in [0, 0.05) is 63.5 Å². The molecule has 1 amide bonds. The number of piperazine rings is 1. The molecule has 25 heavy (non-hydrogen) atoms. The molecule has 4 rings (SSSR count). The van der Waals surface area contributed by atoms with Crippen molar-refractivity contribution in [3.05, 3.63) is 35.0 Å². The maximum Gasteiger partial charge on any atom is 0.276 e. The van der Waals surface area contributed by atoms with Crippen LogP contribution in [0.3, 0.4) is 0 Å². The molecule has 1 unspecified atom stereocenters. The minimum absolute atomic E-state index is 0.0279. The Labute approximate surface area is 147 Å². The number of fused-ring (bicyclic) bond motifs is 1. The van der Waals surface area contributed by atoms with E-state index in [0.29, 0.717) is 11.6 Å². The molecular formula is C18H25N5O2. The van der Waals surface area contributed by atoms with Crippen molar-refractivity contribution in [3.8, 4) is 0 Å². The Morgan fingerprint density at radius 2 is 2.12 bits per heavy atom. The van der Waals surface area contributed by atoms with E-state index in [1.165, 1.54) is 5.56 Å². The van der Waals surface area contributed by atoms with Gasteiger partial charge >= 0.3 is 0 Å². The van der Waals surface area contributed by atoms with Crippen LogP contribution in [0.5, 0.6) is 0 Å². The summed E-state index contributed by atoms with van der Waals surface area (Å²) in [5.74, 6) is 1.53. The van der Waals surface area contributed by atoms with E-state index >= 15 is 0 Å². The molecule has 7 nitrogen and oxygen atoms in total. The van der Waals surface area contributed by atoms with Crippen LogP contribution in [0.2, 0.25) is 0 Å². The zero-order valence-corrected chi connectivity index (χ0v) is 14.9. The molecule has 2 aliphatic rings. The molecule has 0 saturated carbocycles. The number of carbonyl (C=O) groups excluding carboxylic acids is 1. The first-order valence-corrected chi connectivity index (χ1v) is 9.06. The molecule has 7 heteroatoms. The van der Waals surface area contributed by atoms with Crippen LogP contribution in [0.15, 0.2) is 16.9 Å². The fourth-order valence-electron chi connectivity index (χ4n) is 3.82. The number of hydrogen-bond acceptors (Lipinski definition) is 5. The maximum absolute atomic E-state index is 12.9. The summed E-state index contributed by atoms with van der Waals surface area (Å²) in [6, 6.07) is 0. The van der Waals surface area contributed by atoms with Gasteiger partial charge in [-0.3, -0.25) is 14.4 Å². The van der Waals surface area contributed by atoms with Gasteiger partial charge < -0.3 is 9.42 Å². The Morgan fingerprint density at radius 1 is 1.32 bits per heavy atom. The second-order valence-electron chi connectivity index (χ2n) is 7.37. The summed E-state index contributed by atoms with van der Waals surface area (Å²) in [4.78, 5) is 17.2. The predicted octanol–water partition coefficient (Wildman–Crippen LogP) is 1.49. The Kier molecular flexibility index (Phi) is 4.33. The van der Waals surface area contributed by atoms with Gasteiger partial charge in [0.25, 0.3) is 5.91 Å². The van der Waals surface area contributed by atoms with E-state index in [4.69, 9.17) is 4.52 Å². The normalized spacial score (nSPS) is 21.4. The second-order valence-corrected chi connectivity index (χ2v) is 7.37. The summed E-state index contributed by atoms with van der Waals surface area (Å²) in [6.45, 7) is 6.31. The number of aryl methyl sites for hydroxylation is 2. The summed E-state index contributed by atoms with van der Waals surface area (Å²) in [6.07, 6.45) is 6.86. The summed E-state index contributed by atoms with van der Waals surface area (Å²) in [5.41, 5.74) is 2.80. The van der Waals surface area contributed by atoms with Crippen molar-refractivity contribution in [1.29, 1.82) is 0 Å². The molecule has 1 aliphatic carbocycles. The molecule has 3 heterocycles. The summed E-state index contributed by atoms with van der Waals surface area (Å²) in [5, 5.41) is 8.32. The first-order valence-electron chi connectivity index (χ1n) is 9.06. The molecule has 2 aromatic heterocycles. The van der Waals surface area contributed by atoms with Crippen LogP contribution in [-0.4, -0.2) is 56.8 Å². The highest BCUT2D eigenvalue weighted by molar-refractivity contribution is 5.94. The highest BCUT2D eigenvalue weighted by atomic mass is 16.5. The van der Waals surface area contributed by atoms with Crippen LogP contribution in [0.4, 0.5) is 0 Å². The van der Waals surface area contributed by atoms with Gasteiger partial charge in [-0.1, -0.05) is 12.1 Å². The van der Waals surface area contributed by atoms with E-state index in [0.717, 1.165) is 63.3 Å². The molecule has 0 N–H and O–H groups in total. The summed E-state index contributed by atoms with van der Waals surface area (Å²) in [7, 11) is 1.93. The Balaban J connectivity index is 1.38. The topological polar surface area (TPSA) is 67.4 Å². The zero-order valence-electron chi connectivity index (χ0n) is 14.9. The molecule has 1 atom stereocenters. The van der Waals surface area contributed by atoms with Crippen molar-refractivity contribution in [3.63, 3.8) is 0 Å². The van der Waals surface area contributed by atoms with E-state index in [-0.39, 0.29) is 5.91 Å². The number of aromatic nitrogens is 3. The molecule has 2 aromatic rings. The van der Waals surface area contributed by atoms with E-state index in [9.17, 15) is 4.79 Å². The zero-order chi connectivity index (χ0) is 17.4. The van der Waals surface area contributed by atoms with Crippen molar-refractivity contribution < 1.29 is 9.32 Å². The lowest BCUT2D eigenvalue weighted by Gasteiger charge is -2.34. The maximum atomic E-state index is 12.9. The number of nitrogens with zero attached hydrogens (tertiary/aromatic N) is 5. The Morgan fingerprint density at radius 3 is 2.84 bits per heavy atom. The van der Waals surface area contributed by atoms with Crippen molar-refractivity contribution in [2.24, 2.45) is 13.0 Å². The molecule has 0 bridgehead atoms. The van der Waals surface area contributed by atoms with Gasteiger partial charge in [0.2, 0.25) is 0 Å². The number of carbonyl (C=O) groups is 1. The van der Waals surface area contributed by atoms with Gasteiger partial charge in [-0.25, -0.2) is 0 Å². The first-order chi connectivity index (χ1) is 12.1. The van der Waals surface area contributed by atoms with Crippen LogP contribution in [0.25, 0.3) is 0 Å². The van der Waals surface area contributed by atoms with Crippen molar-refractivity contribution >= 4 is 5.91 Å². The van der Waals surface area contributed by atoms with Crippen LogP contribution in [0, 0.1) is 5.92 Å². The van der Waals surface area contributed by atoms with Crippen LogP contribution >= 0.6 is 0 Å². The Hall–Kier alpha value is -2.15.